The van der Waals surface area contributed by atoms with Gasteiger partial charge in [-0.1, -0.05) is 13.8 Å². The number of hydrogen-bond acceptors (Lipinski definition) is 3. The Morgan fingerprint density at radius 3 is 2.50 bits per heavy atom. The summed E-state index contributed by atoms with van der Waals surface area (Å²) in [4.78, 5) is 15.8. The molecule has 5 N–H and O–H groups in total. The Kier molecular flexibility index (Phi) is 5.40. The van der Waals surface area contributed by atoms with Gasteiger partial charge < -0.3 is 21.5 Å². The molecule has 0 bridgehead atoms. The maximum absolute atomic E-state index is 11.6. The number of primary amides is 1. The number of amides is 1. The fraction of sp³-hybridized carbons (Fsp3) is 0.833. The number of nitrogens with zero attached hydrogens (tertiary/aromatic N) is 1. The van der Waals surface area contributed by atoms with Crippen LogP contribution in [-0.2, 0) is 9.53 Å². The maximum Gasteiger partial charge on any atom is 0.225 e. The van der Waals surface area contributed by atoms with Gasteiger partial charge in [-0.2, -0.15) is 0 Å². The fourth-order valence-electron chi connectivity index (χ4n) is 1.85. The van der Waals surface area contributed by atoms with Crippen molar-refractivity contribution in [1.82, 2.24) is 5.32 Å². The van der Waals surface area contributed by atoms with Crippen molar-refractivity contribution in [3.05, 3.63) is 0 Å². The molecule has 0 unspecified atom stereocenters. The second-order valence-corrected chi connectivity index (χ2v) is 5.23. The molecule has 0 saturated carbocycles. The summed E-state index contributed by atoms with van der Waals surface area (Å²) in [5, 5.41) is 3.02. The molecule has 18 heavy (non-hydrogen) atoms. The molecule has 1 saturated heterocycles. The predicted octanol–water partition coefficient (Wildman–Crippen LogP) is -0.171. The minimum Gasteiger partial charge on any atom is -0.381 e. The minimum atomic E-state index is -0.595. The molecule has 0 aliphatic carbocycles. The standard InChI is InChI=1S/C12H24N4O2/c1-9(2)7-15-11(14)16-8-12(10(13)17)3-5-18-6-4-12/h9H,3-8H2,1-2H3,(H2,13,17)(H3,14,15,16). The van der Waals surface area contributed by atoms with E-state index in [4.69, 9.17) is 16.2 Å². The summed E-state index contributed by atoms with van der Waals surface area (Å²) < 4.78 is 5.26. The molecule has 6 nitrogen and oxygen atoms in total. The van der Waals surface area contributed by atoms with Gasteiger partial charge in [0.25, 0.3) is 0 Å². The Balaban J connectivity index is 2.56. The molecular formula is C12H24N4O2. The number of ether oxygens (including phenoxy) is 1. The summed E-state index contributed by atoms with van der Waals surface area (Å²) in [5.74, 6) is 0.550. The van der Waals surface area contributed by atoms with E-state index in [2.05, 4.69) is 24.2 Å². The Labute approximate surface area is 108 Å². The largest absolute Gasteiger partial charge is 0.381 e. The van der Waals surface area contributed by atoms with E-state index in [1.807, 2.05) is 0 Å². The number of nitrogens with one attached hydrogen (secondary N) is 1. The Bertz CT molecular complexity index is 309. The van der Waals surface area contributed by atoms with Gasteiger partial charge in [-0.05, 0) is 18.8 Å². The highest BCUT2D eigenvalue weighted by Crippen LogP contribution is 2.30. The number of guanidine groups is 1. The van der Waals surface area contributed by atoms with Crippen LogP contribution in [0.25, 0.3) is 0 Å². The normalized spacial score (nSPS) is 19.8. The first-order valence-corrected chi connectivity index (χ1v) is 6.38. The van der Waals surface area contributed by atoms with Crippen molar-refractivity contribution in [2.45, 2.75) is 26.7 Å². The van der Waals surface area contributed by atoms with Gasteiger partial charge in [0.2, 0.25) is 5.91 Å². The quantitative estimate of drug-likeness (QED) is 0.469. The van der Waals surface area contributed by atoms with Gasteiger partial charge in [0.1, 0.15) is 0 Å². The number of rotatable bonds is 5. The molecule has 0 spiro atoms. The van der Waals surface area contributed by atoms with Crippen molar-refractivity contribution in [1.29, 1.82) is 0 Å². The summed E-state index contributed by atoms with van der Waals surface area (Å²) in [7, 11) is 0. The van der Waals surface area contributed by atoms with Gasteiger partial charge in [0.05, 0.1) is 12.0 Å². The molecule has 0 aromatic heterocycles. The Morgan fingerprint density at radius 2 is 2.00 bits per heavy atom. The molecule has 0 atom stereocenters. The van der Waals surface area contributed by atoms with Gasteiger partial charge in [-0.25, -0.2) is 0 Å². The third-order valence-electron chi connectivity index (χ3n) is 3.22. The Morgan fingerprint density at radius 1 is 1.39 bits per heavy atom. The van der Waals surface area contributed by atoms with Gasteiger partial charge in [0, 0.05) is 19.8 Å². The van der Waals surface area contributed by atoms with Gasteiger partial charge in [0.15, 0.2) is 5.96 Å². The SMILES string of the molecule is CC(C)CNC(N)=NCC1(C(N)=O)CCOCC1. The van der Waals surface area contributed by atoms with Gasteiger partial charge in [-0.15, -0.1) is 0 Å². The summed E-state index contributed by atoms with van der Waals surface area (Å²) in [6, 6.07) is 0. The van der Waals surface area contributed by atoms with Crippen molar-refractivity contribution in [2.75, 3.05) is 26.3 Å². The smallest absolute Gasteiger partial charge is 0.225 e. The zero-order valence-electron chi connectivity index (χ0n) is 11.2. The maximum atomic E-state index is 11.6. The van der Waals surface area contributed by atoms with E-state index in [-0.39, 0.29) is 5.91 Å². The highest BCUT2D eigenvalue weighted by molar-refractivity contribution is 5.82. The molecular weight excluding hydrogens is 232 g/mol. The average molecular weight is 256 g/mol. The number of hydrogen-bond donors (Lipinski definition) is 3. The topological polar surface area (TPSA) is 103 Å². The lowest BCUT2D eigenvalue weighted by Crippen LogP contribution is -2.45. The number of aliphatic imine (C=N–C) groups is 1. The van der Waals surface area contributed by atoms with E-state index >= 15 is 0 Å². The van der Waals surface area contributed by atoms with E-state index in [0.29, 0.717) is 44.5 Å². The third kappa shape index (κ3) is 4.18. The number of nitrogens with two attached hydrogens (primary N) is 2. The molecule has 6 heteroatoms. The fourth-order valence-corrected chi connectivity index (χ4v) is 1.85. The van der Waals surface area contributed by atoms with Crippen molar-refractivity contribution < 1.29 is 9.53 Å². The van der Waals surface area contributed by atoms with Crippen LogP contribution in [0.3, 0.4) is 0 Å². The second kappa shape index (κ2) is 6.58. The van der Waals surface area contributed by atoms with Crippen LogP contribution in [0.4, 0.5) is 0 Å². The molecule has 0 aromatic carbocycles. The minimum absolute atomic E-state index is 0.314. The highest BCUT2D eigenvalue weighted by atomic mass is 16.5. The first-order chi connectivity index (χ1) is 8.46. The molecule has 0 aromatic rings. The first kappa shape index (κ1) is 14.8. The third-order valence-corrected chi connectivity index (χ3v) is 3.22. The van der Waals surface area contributed by atoms with E-state index < -0.39 is 5.41 Å². The van der Waals surface area contributed by atoms with Crippen LogP contribution < -0.4 is 16.8 Å². The molecule has 1 amide bonds. The molecule has 1 aliphatic heterocycles. The summed E-state index contributed by atoms with van der Waals surface area (Å²) in [6.45, 7) is 6.38. The van der Waals surface area contributed by atoms with Crippen molar-refractivity contribution in [3.63, 3.8) is 0 Å². The zero-order valence-corrected chi connectivity index (χ0v) is 11.2. The van der Waals surface area contributed by atoms with Gasteiger partial charge >= 0.3 is 0 Å². The van der Waals surface area contributed by atoms with Gasteiger partial charge in [-0.3, -0.25) is 9.79 Å². The van der Waals surface area contributed by atoms with Crippen molar-refractivity contribution >= 4 is 11.9 Å². The molecule has 1 aliphatic rings. The zero-order chi connectivity index (χ0) is 13.6. The van der Waals surface area contributed by atoms with E-state index in [1.54, 1.807) is 0 Å². The van der Waals surface area contributed by atoms with Crippen LogP contribution in [0, 0.1) is 11.3 Å². The highest BCUT2D eigenvalue weighted by Gasteiger charge is 2.38. The predicted molar refractivity (Wildman–Crippen MR) is 71.0 cm³/mol. The molecule has 0 radical (unpaired) electrons. The van der Waals surface area contributed by atoms with Crippen molar-refractivity contribution in [3.8, 4) is 0 Å². The number of carbonyl (C=O) groups excluding carboxylic acids is 1. The van der Waals surface area contributed by atoms with Crippen LogP contribution in [0.2, 0.25) is 0 Å². The van der Waals surface area contributed by atoms with Crippen LogP contribution in [0.1, 0.15) is 26.7 Å². The van der Waals surface area contributed by atoms with Crippen LogP contribution >= 0.6 is 0 Å². The summed E-state index contributed by atoms with van der Waals surface area (Å²) in [5.41, 5.74) is 10.6. The monoisotopic (exact) mass is 256 g/mol. The molecule has 1 fully saturated rings. The lowest BCUT2D eigenvalue weighted by Gasteiger charge is -2.32. The Hall–Kier alpha value is -1.30. The summed E-state index contributed by atoms with van der Waals surface area (Å²) in [6.07, 6.45) is 1.23. The molecule has 104 valence electrons. The van der Waals surface area contributed by atoms with E-state index in [9.17, 15) is 4.79 Å². The summed E-state index contributed by atoms with van der Waals surface area (Å²) >= 11 is 0. The van der Waals surface area contributed by atoms with Crippen LogP contribution in [0.5, 0.6) is 0 Å². The number of carbonyl (C=O) groups is 1. The van der Waals surface area contributed by atoms with Crippen molar-refractivity contribution in [2.24, 2.45) is 27.8 Å². The molecule has 1 rings (SSSR count). The first-order valence-electron chi connectivity index (χ1n) is 6.38. The average Bonchev–Trinajstić information content (AvgIpc) is 2.34. The molecule has 1 heterocycles. The lowest BCUT2D eigenvalue weighted by molar-refractivity contribution is -0.132. The van der Waals surface area contributed by atoms with E-state index in [0.717, 1.165) is 6.54 Å². The lowest BCUT2D eigenvalue weighted by atomic mass is 9.79. The van der Waals surface area contributed by atoms with E-state index in [1.165, 1.54) is 0 Å². The van der Waals surface area contributed by atoms with Crippen LogP contribution in [0.15, 0.2) is 4.99 Å². The van der Waals surface area contributed by atoms with Crippen LogP contribution in [-0.4, -0.2) is 38.2 Å². The second-order valence-electron chi connectivity index (χ2n) is 5.23.